The Hall–Kier alpha value is -1.15. The molecule has 0 saturated carbocycles. The largest absolute Gasteiger partial charge is 0.368 e. The molecule has 0 aliphatic rings. The molecule has 0 radical (unpaired) electrons. The molecule has 0 aliphatic heterocycles. The molecule has 0 bridgehead atoms. The summed E-state index contributed by atoms with van der Waals surface area (Å²) in [6, 6.07) is 2.43. The molecule has 5 N–H and O–H groups in total. The quantitative estimate of drug-likeness (QED) is 0.714. The molecule has 8 heteroatoms. The van der Waals surface area contributed by atoms with Gasteiger partial charge in [-0.3, -0.25) is 4.79 Å². The van der Waals surface area contributed by atoms with Gasteiger partial charge in [-0.05, 0) is 31.9 Å². The third kappa shape index (κ3) is 4.17. The standard InChI is InChI=1S/C12H19N3O3S.ClH/c1-7-4-8(2)11(9(3)5-7)19(17,18)15-10(6-13)12(14)16;/h4-5,10,15H,6,13H2,1-3H3,(H2,14,16);1H. The van der Waals surface area contributed by atoms with E-state index < -0.39 is 22.0 Å². The number of carbonyl (C=O) groups excluding carboxylic acids is 1. The van der Waals surface area contributed by atoms with Gasteiger partial charge in [0.05, 0.1) is 4.90 Å². The molecule has 0 heterocycles. The number of halogens is 1. The fraction of sp³-hybridized carbons (Fsp3) is 0.417. The zero-order valence-electron chi connectivity index (χ0n) is 11.6. The summed E-state index contributed by atoms with van der Waals surface area (Å²) in [6.45, 7) is 5.11. The fourth-order valence-electron chi connectivity index (χ4n) is 2.06. The van der Waals surface area contributed by atoms with Crippen LogP contribution in [0.5, 0.6) is 0 Å². The van der Waals surface area contributed by atoms with Gasteiger partial charge in [0.25, 0.3) is 0 Å². The van der Waals surface area contributed by atoms with Gasteiger partial charge in [-0.2, -0.15) is 4.72 Å². The lowest BCUT2D eigenvalue weighted by molar-refractivity contribution is -0.119. The van der Waals surface area contributed by atoms with Crippen molar-refractivity contribution < 1.29 is 13.2 Å². The summed E-state index contributed by atoms with van der Waals surface area (Å²) in [4.78, 5) is 11.2. The van der Waals surface area contributed by atoms with E-state index in [2.05, 4.69) is 4.72 Å². The van der Waals surface area contributed by atoms with Gasteiger partial charge in [0.2, 0.25) is 15.9 Å². The molecule has 20 heavy (non-hydrogen) atoms. The maximum absolute atomic E-state index is 12.3. The van der Waals surface area contributed by atoms with Gasteiger partial charge in [0.15, 0.2) is 0 Å². The van der Waals surface area contributed by atoms with Crippen molar-refractivity contribution in [1.82, 2.24) is 4.72 Å². The third-order valence-electron chi connectivity index (χ3n) is 2.75. The molecule has 0 spiro atoms. The van der Waals surface area contributed by atoms with Gasteiger partial charge < -0.3 is 11.5 Å². The van der Waals surface area contributed by atoms with Crippen LogP contribution in [0.3, 0.4) is 0 Å². The maximum Gasteiger partial charge on any atom is 0.241 e. The van der Waals surface area contributed by atoms with Crippen LogP contribution in [0.2, 0.25) is 0 Å². The van der Waals surface area contributed by atoms with Crippen LogP contribution in [-0.4, -0.2) is 26.9 Å². The maximum atomic E-state index is 12.3. The Bertz CT molecular complexity index is 579. The van der Waals surface area contributed by atoms with Crippen LogP contribution in [-0.2, 0) is 14.8 Å². The lowest BCUT2D eigenvalue weighted by Crippen LogP contribution is -2.49. The first-order valence-electron chi connectivity index (χ1n) is 5.78. The van der Waals surface area contributed by atoms with E-state index in [1.54, 1.807) is 26.0 Å². The predicted octanol–water partition coefficient (Wildman–Crippen LogP) is 0.125. The Labute approximate surface area is 125 Å². The molecule has 0 fully saturated rings. The number of aryl methyl sites for hydroxylation is 3. The number of rotatable bonds is 5. The number of hydrogen-bond donors (Lipinski definition) is 3. The highest BCUT2D eigenvalue weighted by Gasteiger charge is 2.25. The highest BCUT2D eigenvalue weighted by molar-refractivity contribution is 7.89. The lowest BCUT2D eigenvalue weighted by Gasteiger charge is -2.17. The summed E-state index contributed by atoms with van der Waals surface area (Å²) in [7, 11) is -3.83. The Morgan fingerprint density at radius 3 is 2.05 bits per heavy atom. The second-order valence-electron chi connectivity index (χ2n) is 4.54. The van der Waals surface area contributed by atoms with Crippen LogP contribution < -0.4 is 16.2 Å². The van der Waals surface area contributed by atoms with Gasteiger partial charge in [0.1, 0.15) is 6.04 Å². The van der Waals surface area contributed by atoms with Crippen molar-refractivity contribution in [2.45, 2.75) is 31.7 Å². The Kier molecular flexibility index (Phi) is 6.63. The van der Waals surface area contributed by atoms with Gasteiger partial charge in [-0.25, -0.2) is 8.42 Å². The molecule has 6 nitrogen and oxygen atoms in total. The zero-order valence-corrected chi connectivity index (χ0v) is 13.3. The van der Waals surface area contributed by atoms with E-state index in [0.29, 0.717) is 11.1 Å². The molecule has 0 aliphatic carbocycles. The van der Waals surface area contributed by atoms with Gasteiger partial charge in [-0.15, -0.1) is 12.4 Å². The minimum atomic E-state index is -3.83. The average Bonchev–Trinajstić information content (AvgIpc) is 2.23. The molecule has 1 aromatic rings. The number of carbonyl (C=O) groups is 1. The highest BCUT2D eigenvalue weighted by atomic mass is 35.5. The molecule has 114 valence electrons. The van der Waals surface area contributed by atoms with E-state index >= 15 is 0 Å². The van der Waals surface area contributed by atoms with E-state index in [1.807, 2.05) is 6.92 Å². The van der Waals surface area contributed by atoms with Crippen molar-refractivity contribution in [3.63, 3.8) is 0 Å². The van der Waals surface area contributed by atoms with Gasteiger partial charge >= 0.3 is 0 Å². The Balaban J connectivity index is 0.00000361. The van der Waals surface area contributed by atoms with Crippen LogP contribution in [0.4, 0.5) is 0 Å². The summed E-state index contributed by atoms with van der Waals surface area (Å²) in [5.74, 6) is -0.798. The molecule has 1 amide bonds. The molecule has 1 rings (SSSR count). The minimum absolute atomic E-state index is 0. The summed E-state index contributed by atoms with van der Waals surface area (Å²) in [6.07, 6.45) is 0. The number of nitrogens with two attached hydrogens (primary N) is 2. The summed E-state index contributed by atoms with van der Waals surface area (Å²) in [5, 5.41) is 0. The smallest absolute Gasteiger partial charge is 0.241 e. The number of nitrogens with one attached hydrogen (secondary N) is 1. The van der Waals surface area contributed by atoms with E-state index in [1.165, 1.54) is 0 Å². The van der Waals surface area contributed by atoms with Crippen LogP contribution in [0.15, 0.2) is 17.0 Å². The first-order valence-corrected chi connectivity index (χ1v) is 7.27. The molecule has 1 atom stereocenters. The average molecular weight is 322 g/mol. The van der Waals surface area contributed by atoms with E-state index in [9.17, 15) is 13.2 Å². The third-order valence-corrected chi connectivity index (χ3v) is 4.53. The molecular weight excluding hydrogens is 302 g/mol. The van der Waals surface area contributed by atoms with Gasteiger partial charge in [-0.1, -0.05) is 17.7 Å². The van der Waals surface area contributed by atoms with Crippen molar-refractivity contribution in [2.75, 3.05) is 6.54 Å². The van der Waals surface area contributed by atoms with Crippen molar-refractivity contribution in [2.24, 2.45) is 11.5 Å². The number of benzene rings is 1. The van der Waals surface area contributed by atoms with Crippen molar-refractivity contribution >= 4 is 28.3 Å². The minimum Gasteiger partial charge on any atom is -0.368 e. The van der Waals surface area contributed by atoms with Crippen molar-refractivity contribution in [3.05, 3.63) is 28.8 Å². The second kappa shape index (κ2) is 7.03. The van der Waals surface area contributed by atoms with Crippen LogP contribution >= 0.6 is 12.4 Å². The second-order valence-corrected chi connectivity index (χ2v) is 6.19. The molecular formula is C12H20ClN3O3S. The van der Waals surface area contributed by atoms with Crippen LogP contribution in [0.1, 0.15) is 16.7 Å². The lowest BCUT2D eigenvalue weighted by atomic mass is 10.1. The molecule has 0 saturated heterocycles. The van der Waals surface area contributed by atoms with Crippen molar-refractivity contribution in [1.29, 1.82) is 0 Å². The molecule has 0 aromatic heterocycles. The summed E-state index contributed by atoms with van der Waals surface area (Å²) >= 11 is 0. The Morgan fingerprint density at radius 1 is 1.25 bits per heavy atom. The van der Waals surface area contributed by atoms with E-state index in [-0.39, 0.29) is 23.8 Å². The van der Waals surface area contributed by atoms with E-state index in [4.69, 9.17) is 11.5 Å². The van der Waals surface area contributed by atoms with Crippen LogP contribution in [0.25, 0.3) is 0 Å². The van der Waals surface area contributed by atoms with E-state index in [0.717, 1.165) is 5.56 Å². The van der Waals surface area contributed by atoms with Gasteiger partial charge in [0, 0.05) is 6.54 Å². The summed E-state index contributed by atoms with van der Waals surface area (Å²) < 4.78 is 26.8. The fourth-order valence-corrected chi connectivity index (χ4v) is 3.73. The first-order chi connectivity index (χ1) is 8.69. The summed E-state index contributed by atoms with van der Waals surface area (Å²) in [5.41, 5.74) is 12.6. The number of sulfonamides is 1. The highest BCUT2D eigenvalue weighted by Crippen LogP contribution is 2.21. The number of hydrogen-bond acceptors (Lipinski definition) is 4. The Morgan fingerprint density at radius 2 is 1.70 bits per heavy atom. The number of primary amides is 1. The predicted molar refractivity (Wildman–Crippen MR) is 80.3 cm³/mol. The van der Waals surface area contributed by atoms with Crippen molar-refractivity contribution in [3.8, 4) is 0 Å². The normalized spacial score (nSPS) is 12.6. The first kappa shape index (κ1) is 18.9. The van der Waals surface area contributed by atoms with Crippen LogP contribution in [0, 0.1) is 20.8 Å². The molecule has 1 unspecified atom stereocenters. The topological polar surface area (TPSA) is 115 Å². The SMILES string of the molecule is Cc1cc(C)c(S(=O)(=O)NC(CN)C(N)=O)c(C)c1.Cl. The monoisotopic (exact) mass is 321 g/mol. The zero-order chi connectivity index (χ0) is 14.8. The molecule has 1 aromatic carbocycles. The number of amides is 1.